The monoisotopic (exact) mass is 271 g/mol. The van der Waals surface area contributed by atoms with Crippen LogP contribution in [0.5, 0.6) is 0 Å². The van der Waals surface area contributed by atoms with E-state index in [9.17, 15) is 4.79 Å². The first kappa shape index (κ1) is 12.7. The van der Waals surface area contributed by atoms with E-state index in [1.807, 2.05) is 24.4 Å². The second kappa shape index (κ2) is 5.73. The third-order valence-corrected chi connectivity index (χ3v) is 3.42. The summed E-state index contributed by atoms with van der Waals surface area (Å²) in [7, 11) is 0. The van der Waals surface area contributed by atoms with Gasteiger partial charge in [-0.25, -0.2) is 0 Å². The van der Waals surface area contributed by atoms with Crippen molar-refractivity contribution in [2.24, 2.45) is 0 Å². The lowest BCUT2D eigenvalue weighted by Crippen LogP contribution is -2.39. The predicted octanol–water partition coefficient (Wildman–Crippen LogP) is 0.821. The maximum Gasteiger partial charge on any atom is 0.242 e. The van der Waals surface area contributed by atoms with Gasteiger partial charge in [-0.05, 0) is 18.1 Å². The van der Waals surface area contributed by atoms with Gasteiger partial charge >= 0.3 is 0 Å². The summed E-state index contributed by atoms with van der Waals surface area (Å²) < 4.78 is 1.76. The summed E-state index contributed by atoms with van der Waals surface area (Å²) in [6.07, 6.45) is 5.06. The number of aromatic nitrogens is 3. The van der Waals surface area contributed by atoms with Crippen LogP contribution in [-0.4, -0.2) is 33.5 Å². The van der Waals surface area contributed by atoms with Crippen LogP contribution in [0.15, 0.2) is 36.7 Å². The normalized spacial score (nSPS) is 16.5. The Kier molecular flexibility index (Phi) is 3.62. The fourth-order valence-electron chi connectivity index (χ4n) is 2.38. The molecule has 3 rings (SSSR count). The molecule has 0 saturated carbocycles. The van der Waals surface area contributed by atoms with Gasteiger partial charge in [0.15, 0.2) is 0 Å². The molecule has 1 aromatic heterocycles. The van der Waals surface area contributed by atoms with Crippen LogP contribution in [0.4, 0.5) is 5.69 Å². The molecule has 0 saturated heterocycles. The Morgan fingerprint density at radius 3 is 3.15 bits per heavy atom. The number of benzene rings is 1. The molecule has 20 heavy (non-hydrogen) atoms. The minimum atomic E-state index is -0.154. The number of nitrogens with one attached hydrogen (secondary N) is 2. The highest BCUT2D eigenvalue weighted by Crippen LogP contribution is 2.24. The van der Waals surface area contributed by atoms with Gasteiger partial charge in [-0.3, -0.25) is 9.48 Å². The zero-order valence-electron chi connectivity index (χ0n) is 11.1. The van der Waals surface area contributed by atoms with Gasteiger partial charge in [0.1, 0.15) is 6.04 Å². The van der Waals surface area contributed by atoms with Crippen LogP contribution in [-0.2, 0) is 17.8 Å². The van der Waals surface area contributed by atoms with E-state index in [0.717, 1.165) is 25.1 Å². The second-order valence-corrected chi connectivity index (χ2v) is 4.87. The molecule has 2 N–H and O–H groups in total. The van der Waals surface area contributed by atoms with Crippen molar-refractivity contribution < 1.29 is 4.79 Å². The van der Waals surface area contributed by atoms with Crippen LogP contribution in [0.2, 0.25) is 0 Å². The van der Waals surface area contributed by atoms with Gasteiger partial charge in [0.05, 0.1) is 6.20 Å². The molecule has 1 atom stereocenters. The van der Waals surface area contributed by atoms with Crippen molar-refractivity contribution in [1.82, 2.24) is 20.3 Å². The lowest BCUT2D eigenvalue weighted by atomic mass is 10.1. The van der Waals surface area contributed by atoms with Gasteiger partial charge in [0.25, 0.3) is 0 Å². The molecule has 6 heteroatoms. The number of para-hydroxylation sites is 1. The van der Waals surface area contributed by atoms with Crippen molar-refractivity contribution in [2.75, 3.05) is 11.9 Å². The maximum absolute atomic E-state index is 12.1. The average molecular weight is 271 g/mol. The lowest BCUT2D eigenvalue weighted by molar-refractivity contribution is -0.121. The second-order valence-electron chi connectivity index (χ2n) is 4.87. The number of anilines is 1. The molecular weight excluding hydrogens is 254 g/mol. The van der Waals surface area contributed by atoms with E-state index in [2.05, 4.69) is 27.0 Å². The highest BCUT2D eigenvalue weighted by molar-refractivity contribution is 5.87. The SMILES string of the molecule is O=C(NCCCn1ccnn1)[C@@H]1Cc2ccccc2N1. The standard InChI is InChI=1S/C14H17N5O/c20-14(15-6-3-8-19-9-7-16-18-19)13-10-11-4-1-2-5-12(11)17-13/h1-2,4-5,7,9,13,17H,3,6,8,10H2,(H,15,20)/t13-/m0/s1. The molecule has 1 amide bonds. The molecule has 0 radical (unpaired) electrons. The van der Waals surface area contributed by atoms with E-state index < -0.39 is 0 Å². The number of amides is 1. The number of hydrogen-bond donors (Lipinski definition) is 2. The van der Waals surface area contributed by atoms with Crippen molar-refractivity contribution in [3.05, 3.63) is 42.2 Å². The Hall–Kier alpha value is -2.37. The van der Waals surface area contributed by atoms with Crippen molar-refractivity contribution >= 4 is 11.6 Å². The van der Waals surface area contributed by atoms with Crippen LogP contribution in [0.1, 0.15) is 12.0 Å². The van der Waals surface area contributed by atoms with Gasteiger partial charge in [-0.15, -0.1) is 5.10 Å². The molecule has 0 bridgehead atoms. The smallest absolute Gasteiger partial charge is 0.242 e. The number of carbonyl (C=O) groups excluding carboxylic acids is 1. The minimum Gasteiger partial charge on any atom is -0.373 e. The van der Waals surface area contributed by atoms with Crippen molar-refractivity contribution in [1.29, 1.82) is 0 Å². The van der Waals surface area contributed by atoms with Crippen molar-refractivity contribution in [3.8, 4) is 0 Å². The third kappa shape index (κ3) is 2.79. The Labute approximate surface area is 117 Å². The van der Waals surface area contributed by atoms with E-state index in [-0.39, 0.29) is 11.9 Å². The molecule has 104 valence electrons. The minimum absolute atomic E-state index is 0.0554. The zero-order chi connectivity index (χ0) is 13.8. The predicted molar refractivity (Wildman–Crippen MR) is 75.2 cm³/mol. The van der Waals surface area contributed by atoms with Crippen LogP contribution in [0.3, 0.4) is 0 Å². The Balaban J connectivity index is 1.42. The highest BCUT2D eigenvalue weighted by Gasteiger charge is 2.25. The van der Waals surface area contributed by atoms with E-state index >= 15 is 0 Å². The number of hydrogen-bond acceptors (Lipinski definition) is 4. The van der Waals surface area contributed by atoms with Crippen LogP contribution in [0, 0.1) is 0 Å². The first-order valence-corrected chi connectivity index (χ1v) is 6.79. The molecule has 0 aliphatic carbocycles. The molecule has 0 spiro atoms. The summed E-state index contributed by atoms with van der Waals surface area (Å²) in [5, 5.41) is 13.8. The molecule has 2 heterocycles. The van der Waals surface area contributed by atoms with E-state index in [1.165, 1.54) is 5.56 Å². The average Bonchev–Trinajstić information content (AvgIpc) is 3.12. The van der Waals surface area contributed by atoms with Gasteiger partial charge in [-0.1, -0.05) is 23.4 Å². The number of carbonyl (C=O) groups is 1. The molecule has 2 aromatic rings. The van der Waals surface area contributed by atoms with Crippen molar-refractivity contribution in [2.45, 2.75) is 25.4 Å². The van der Waals surface area contributed by atoms with Gasteiger partial charge in [0, 0.05) is 31.4 Å². The molecule has 1 aliphatic rings. The molecular formula is C14H17N5O. The number of nitrogens with zero attached hydrogens (tertiary/aromatic N) is 3. The maximum atomic E-state index is 12.1. The molecule has 1 aromatic carbocycles. The number of fused-ring (bicyclic) bond motifs is 1. The zero-order valence-corrected chi connectivity index (χ0v) is 11.1. The summed E-state index contributed by atoms with van der Waals surface area (Å²) in [5.74, 6) is 0.0554. The molecule has 6 nitrogen and oxygen atoms in total. The largest absolute Gasteiger partial charge is 0.373 e. The first-order chi connectivity index (χ1) is 9.83. The topological polar surface area (TPSA) is 71.8 Å². The Morgan fingerprint density at radius 1 is 1.45 bits per heavy atom. The Morgan fingerprint density at radius 2 is 2.35 bits per heavy atom. The lowest BCUT2D eigenvalue weighted by Gasteiger charge is -2.11. The summed E-state index contributed by atoms with van der Waals surface area (Å²) in [6, 6.07) is 7.88. The van der Waals surface area contributed by atoms with E-state index in [0.29, 0.717) is 6.54 Å². The van der Waals surface area contributed by atoms with Gasteiger partial charge in [-0.2, -0.15) is 0 Å². The molecule has 0 unspecified atom stereocenters. The summed E-state index contributed by atoms with van der Waals surface area (Å²) in [5.41, 5.74) is 2.27. The highest BCUT2D eigenvalue weighted by atomic mass is 16.2. The van der Waals surface area contributed by atoms with E-state index in [1.54, 1.807) is 10.9 Å². The first-order valence-electron chi connectivity index (χ1n) is 6.79. The van der Waals surface area contributed by atoms with Gasteiger partial charge < -0.3 is 10.6 Å². The molecule has 0 fully saturated rings. The fraction of sp³-hybridized carbons (Fsp3) is 0.357. The van der Waals surface area contributed by atoms with Crippen molar-refractivity contribution in [3.63, 3.8) is 0 Å². The van der Waals surface area contributed by atoms with Crippen LogP contribution >= 0.6 is 0 Å². The third-order valence-electron chi connectivity index (χ3n) is 3.42. The summed E-state index contributed by atoms with van der Waals surface area (Å²) >= 11 is 0. The summed E-state index contributed by atoms with van der Waals surface area (Å²) in [6.45, 7) is 1.41. The molecule has 1 aliphatic heterocycles. The Bertz CT molecular complexity index is 556. The van der Waals surface area contributed by atoms with Crippen LogP contribution < -0.4 is 10.6 Å². The quantitative estimate of drug-likeness (QED) is 0.790. The fourth-order valence-corrected chi connectivity index (χ4v) is 2.38. The number of rotatable bonds is 5. The van der Waals surface area contributed by atoms with Gasteiger partial charge in [0.2, 0.25) is 5.91 Å². The summed E-state index contributed by atoms with van der Waals surface area (Å²) in [4.78, 5) is 12.1. The van der Waals surface area contributed by atoms with E-state index in [4.69, 9.17) is 0 Å². The van der Waals surface area contributed by atoms with Crippen LogP contribution in [0.25, 0.3) is 0 Å². The number of aryl methyl sites for hydroxylation is 1.